The number of thiophene rings is 1. The highest BCUT2D eigenvalue weighted by molar-refractivity contribution is 7.09. The van der Waals surface area contributed by atoms with Gasteiger partial charge in [-0.05, 0) is 18.4 Å². The van der Waals surface area contributed by atoms with Gasteiger partial charge in [-0.2, -0.15) is 4.98 Å². The normalized spacial score (nSPS) is 12.1. The van der Waals surface area contributed by atoms with E-state index in [2.05, 4.69) is 10.1 Å². The highest BCUT2D eigenvalue weighted by atomic mass is 35.5. The fourth-order valence-corrected chi connectivity index (χ4v) is 1.79. The van der Waals surface area contributed by atoms with Gasteiger partial charge in [0.25, 0.3) is 0 Å². The van der Waals surface area contributed by atoms with E-state index in [4.69, 9.17) is 10.3 Å². The van der Waals surface area contributed by atoms with Crippen molar-refractivity contribution in [2.24, 2.45) is 5.73 Å². The number of halogens is 1. The van der Waals surface area contributed by atoms with Crippen molar-refractivity contribution in [1.29, 1.82) is 0 Å². The fourth-order valence-electron chi connectivity index (χ4n) is 1.09. The summed E-state index contributed by atoms with van der Waals surface area (Å²) in [6.07, 6.45) is 0.716. The molecule has 82 valence electrons. The van der Waals surface area contributed by atoms with Crippen LogP contribution < -0.4 is 5.73 Å². The van der Waals surface area contributed by atoms with Crippen molar-refractivity contribution in [1.82, 2.24) is 10.1 Å². The van der Waals surface area contributed by atoms with Gasteiger partial charge in [0.1, 0.15) is 0 Å². The predicted octanol–water partition coefficient (Wildman–Crippen LogP) is 2.16. The largest absolute Gasteiger partial charge is 0.338 e. The summed E-state index contributed by atoms with van der Waals surface area (Å²) in [5.74, 6) is 1.19. The van der Waals surface area contributed by atoms with E-state index in [-0.39, 0.29) is 18.4 Å². The lowest BCUT2D eigenvalue weighted by molar-refractivity contribution is 0.358. The number of aromatic nitrogens is 2. The quantitative estimate of drug-likeness (QED) is 0.900. The first-order valence-electron chi connectivity index (χ1n) is 4.36. The van der Waals surface area contributed by atoms with Gasteiger partial charge in [0.15, 0.2) is 5.82 Å². The van der Waals surface area contributed by atoms with E-state index in [1.807, 2.05) is 24.4 Å². The van der Waals surface area contributed by atoms with Crippen molar-refractivity contribution in [3.05, 3.63) is 34.1 Å². The molecule has 1 atom stereocenters. The maximum Gasteiger partial charge on any atom is 0.243 e. The van der Waals surface area contributed by atoms with Crippen LogP contribution in [-0.2, 0) is 6.42 Å². The summed E-state index contributed by atoms with van der Waals surface area (Å²) in [5, 5.41) is 5.88. The molecular weight excluding hydrogens is 234 g/mol. The molecule has 0 bridgehead atoms. The summed E-state index contributed by atoms with van der Waals surface area (Å²) in [6.45, 7) is 1.82. The fraction of sp³-hybridized carbons (Fsp3) is 0.333. The third-order valence-electron chi connectivity index (χ3n) is 1.79. The van der Waals surface area contributed by atoms with Gasteiger partial charge in [0, 0.05) is 11.3 Å². The molecule has 0 aliphatic heterocycles. The molecule has 1 unspecified atom stereocenters. The van der Waals surface area contributed by atoms with Gasteiger partial charge in [-0.1, -0.05) is 11.2 Å². The Labute approximate surface area is 97.9 Å². The Morgan fingerprint density at radius 3 is 2.93 bits per heavy atom. The lowest BCUT2D eigenvalue weighted by atomic mass is 10.3. The molecule has 0 saturated heterocycles. The third-order valence-corrected chi connectivity index (χ3v) is 2.66. The Bertz CT molecular complexity index is 399. The molecule has 0 aliphatic rings. The molecule has 2 aromatic rings. The lowest BCUT2D eigenvalue weighted by Gasteiger charge is -1.92. The van der Waals surface area contributed by atoms with E-state index in [9.17, 15) is 0 Å². The predicted molar refractivity (Wildman–Crippen MR) is 61.3 cm³/mol. The second kappa shape index (κ2) is 5.25. The SMILES string of the molecule is CC(N)c1nc(Cc2cccs2)no1.Cl. The van der Waals surface area contributed by atoms with E-state index in [0.717, 1.165) is 0 Å². The minimum absolute atomic E-state index is 0. The topological polar surface area (TPSA) is 64.9 Å². The highest BCUT2D eigenvalue weighted by Crippen LogP contribution is 2.14. The second-order valence-corrected chi connectivity index (χ2v) is 4.13. The molecule has 0 aromatic carbocycles. The Hall–Kier alpha value is -0.910. The Morgan fingerprint density at radius 1 is 1.60 bits per heavy atom. The van der Waals surface area contributed by atoms with Gasteiger partial charge >= 0.3 is 0 Å². The molecule has 0 fully saturated rings. The average molecular weight is 246 g/mol. The maximum absolute atomic E-state index is 5.61. The summed E-state index contributed by atoms with van der Waals surface area (Å²) >= 11 is 1.68. The van der Waals surface area contributed by atoms with Gasteiger partial charge in [-0.15, -0.1) is 23.7 Å². The van der Waals surface area contributed by atoms with Crippen LogP contribution in [0.4, 0.5) is 0 Å². The van der Waals surface area contributed by atoms with E-state index < -0.39 is 0 Å². The molecule has 6 heteroatoms. The van der Waals surface area contributed by atoms with Gasteiger partial charge in [-0.25, -0.2) is 0 Å². The highest BCUT2D eigenvalue weighted by Gasteiger charge is 2.10. The number of hydrogen-bond donors (Lipinski definition) is 1. The zero-order valence-electron chi connectivity index (χ0n) is 8.21. The number of nitrogens with zero attached hydrogens (tertiary/aromatic N) is 2. The zero-order chi connectivity index (χ0) is 9.97. The van der Waals surface area contributed by atoms with Gasteiger partial charge in [0.2, 0.25) is 5.89 Å². The van der Waals surface area contributed by atoms with Gasteiger partial charge < -0.3 is 10.3 Å². The second-order valence-electron chi connectivity index (χ2n) is 3.09. The molecule has 15 heavy (non-hydrogen) atoms. The third kappa shape index (κ3) is 3.02. The van der Waals surface area contributed by atoms with Crippen molar-refractivity contribution in [2.45, 2.75) is 19.4 Å². The summed E-state index contributed by atoms with van der Waals surface area (Å²) in [6, 6.07) is 3.86. The standard InChI is InChI=1S/C9H11N3OS.ClH/c1-6(10)9-11-8(12-13-9)5-7-3-2-4-14-7;/h2-4,6H,5,10H2,1H3;1H. The number of rotatable bonds is 3. The first kappa shape index (κ1) is 12.2. The summed E-state index contributed by atoms with van der Waals surface area (Å²) in [7, 11) is 0. The first-order valence-corrected chi connectivity index (χ1v) is 5.24. The molecule has 0 radical (unpaired) electrons. The molecule has 2 heterocycles. The van der Waals surface area contributed by atoms with Crippen LogP contribution in [0.5, 0.6) is 0 Å². The molecule has 2 rings (SSSR count). The van der Waals surface area contributed by atoms with Crippen LogP contribution >= 0.6 is 23.7 Å². The molecule has 2 N–H and O–H groups in total. The van der Waals surface area contributed by atoms with Crippen LogP contribution in [0.3, 0.4) is 0 Å². The minimum atomic E-state index is -0.195. The Morgan fingerprint density at radius 2 is 2.40 bits per heavy atom. The summed E-state index contributed by atoms with van der Waals surface area (Å²) < 4.78 is 4.99. The molecular formula is C9H12ClN3OS. The van der Waals surface area contributed by atoms with E-state index >= 15 is 0 Å². The van der Waals surface area contributed by atoms with E-state index in [1.165, 1.54) is 4.88 Å². The van der Waals surface area contributed by atoms with Crippen LogP contribution in [0.15, 0.2) is 22.0 Å². The molecule has 2 aromatic heterocycles. The molecule has 0 spiro atoms. The van der Waals surface area contributed by atoms with Crippen molar-refractivity contribution in [2.75, 3.05) is 0 Å². The smallest absolute Gasteiger partial charge is 0.243 e. The average Bonchev–Trinajstić information content (AvgIpc) is 2.75. The van der Waals surface area contributed by atoms with Crippen molar-refractivity contribution in [3.63, 3.8) is 0 Å². The van der Waals surface area contributed by atoms with Crippen molar-refractivity contribution >= 4 is 23.7 Å². The van der Waals surface area contributed by atoms with Crippen molar-refractivity contribution < 1.29 is 4.52 Å². The monoisotopic (exact) mass is 245 g/mol. The summed E-state index contributed by atoms with van der Waals surface area (Å²) in [5.41, 5.74) is 5.61. The van der Waals surface area contributed by atoms with Crippen LogP contribution in [0, 0.1) is 0 Å². The Kier molecular flexibility index (Phi) is 4.26. The molecule has 0 saturated carbocycles. The van der Waals surface area contributed by atoms with Crippen molar-refractivity contribution in [3.8, 4) is 0 Å². The number of hydrogen-bond acceptors (Lipinski definition) is 5. The lowest BCUT2D eigenvalue weighted by Crippen LogP contribution is -2.05. The van der Waals surface area contributed by atoms with Crippen LogP contribution in [0.2, 0.25) is 0 Å². The molecule has 4 nitrogen and oxygen atoms in total. The maximum atomic E-state index is 5.61. The van der Waals surface area contributed by atoms with Crippen LogP contribution in [-0.4, -0.2) is 10.1 Å². The first-order chi connectivity index (χ1) is 6.75. The van der Waals surface area contributed by atoms with E-state index in [1.54, 1.807) is 11.3 Å². The van der Waals surface area contributed by atoms with Crippen LogP contribution in [0.1, 0.15) is 29.6 Å². The zero-order valence-corrected chi connectivity index (χ0v) is 9.85. The number of nitrogens with two attached hydrogens (primary N) is 1. The van der Waals surface area contributed by atoms with Gasteiger partial charge in [-0.3, -0.25) is 0 Å². The van der Waals surface area contributed by atoms with Gasteiger partial charge in [0.05, 0.1) is 6.04 Å². The van der Waals surface area contributed by atoms with E-state index in [0.29, 0.717) is 18.1 Å². The summed E-state index contributed by atoms with van der Waals surface area (Å²) in [4.78, 5) is 5.41. The Balaban J connectivity index is 0.00000112. The minimum Gasteiger partial charge on any atom is -0.338 e. The molecule has 0 amide bonds. The van der Waals surface area contributed by atoms with Crippen LogP contribution in [0.25, 0.3) is 0 Å². The molecule has 0 aliphatic carbocycles.